The van der Waals surface area contributed by atoms with Gasteiger partial charge in [-0.25, -0.2) is 4.79 Å². The zero-order valence-corrected chi connectivity index (χ0v) is 12.7. The molecule has 2 aromatic rings. The van der Waals surface area contributed by atoms with E-state index in [4.69, 9.17) is 9.15 Å². The maximum absolute atomic E-state index is 11.6. The van der Waals surface area contributed by atoms with E-state index in [0.29, 0.717) is 12.2 Å². The molecule has 0 saturated carbocycles. The number of fused-ring (bicyclic) bond motifs is 1. The quantitative estimate of drug-likeness (QED) is 0.719. The molecule has 2 rings (SSSR count). The molecule has 0 aliphatic heterocycles. The lowest BCUT2D eigenvalue weighted by Crippen LogP contribution is -2.04. The van der Waals surface area contributed by atoms with Crippen LogP contribution in [0.3, 0.4) is 0 Å². The fourth-order valence-corrected chi connectivity index (χ4v) is 1.57. The number of aryl methyl sites for hydroxylation is 1. The summed E-state index contributed by atoms with van der Waals surface area (Å²) in [6, 6.07) is 7.22. The van der Waals surface area contributed by atoms with Crippen LogP contribution in [0.15, 0.2) is 28.7 Å². The summed E-state index contributed by atoms with van der Waals surface area (Å²) >= 11 is 0. The van der Waals surface area contributed by atoms with E-state index in [1.807, 2.05) is 46.8 Å². The highest BCUT2D eigenvalue weighted by atomic mass is 16.5. The SMILES string of the molecule is CC.CC.CCOC(=O)c1cccc2oc(C)cc12. The first kappa shape index (κ1) is 17.2. The lowest BCUT2D eigenvalue weighted by molar-refractivity contribution is 0.0528. The standard InChI is InChI=1S/C12H12O3.2C2H6/c1-3-14-12(13)9-5-4-6-11-10(9)7-8(2)15-11;2*1-2/h4-7H,3H2,1-2H3;2*1-2H3. The summed E-state index contributed by atoms with van der Waals surface area (Å²) in [5.74, 6) is 0.491. The van der Waals surface area contributed by atoms with E-state index < -0.39 is 0 Å². The van der Waals surface area contributed by atoms with Crippen LogP contribution in [0.2, 0.25) is 0 Å². The summed E-state index contributed by atoms with van der Waals surface area (Å²) in [5.41, 5.74) is 1.28. The van der Waals surface area contributed by atoms with Gasteiger partial charge in [-0.1, -0.05) is 33.8 Å². The molecule has 0 saturated heterocycles. The highest BCUT2D eigenvalue weighted by Crippen LogP contribution is 2.23. The van der Waals surface area contributed by atoms with Crippen LogP contribution in [-0.2, 0) is 4.74 Å². The summed E-state index contributed by atoms with van der Waals surface area (Å²) in [5, 5.41) is 0.813. The van der Waals surface area contributed by atoms with Gasteiger partial charge in [-0.15, -0.1) is 0 Å². The van der Waals surface area contributed by atoms with Crippen LogP contribution in [-0.4, -0.2) is 12.6 Å². The lowest BCUT2D eigenvalue weighted by atomic mass is 10.1. The minimum absolute atomic E-state index is 0.302. The van der Waals surface area contributed by atoms with Crippen LogP contribution in [0.1, 0.15) is 50.7 Å². The highest BCUT2D eigenvalue weighted by Gasteiger charge is 2.12. The first-order valence-corrected chi connectivity index (χ1v) is 6.88. The minimum Gasteiger partial charge on any atom is -0.462 e. The van der Waals surface area contributed by atoms with Crippen molar-refractivity contribution in [2.24, 2.45) is 0 Å². The Labute approximate surface area is 115 Å². The predicted molar refractivity (Wildman–Crippen MR) is 79.6 cm³/mol. The number of ether oxygens (including phenoxy) is 1. The van der Waals surface area contributed by atoms with Crippen molar-refractivity contribution >= 4 is 16.9 Å². The second-order valence-corrected chi connectivity index (χ2v) is 3.29. The summed E-state index contributed by atoms with van der Waals surface area (Å²) in [7, 11) is 0. The Morgan fingerprint density at radius 3 is 2.42 bits per heavy atom. The zero-order valence-electron chi connectivity index (χ0n) is 12.7. The largest absolute Gasteiger partial charge is 0.462 e. The van der Waals surface area contributed by atoms with Crippen molar-refractivity contribution in [2.75, 3.05) is 6.61 Å². The zero-order chi connectivity index (χ0) is 14.8. The highest BCUT2D eigenvalue weighted by molar-refractivity contribution is 6.03. The Balaban J connectivity index is 0.000000741. The summed E-state index contributed by atoms with van der Waals surface area (Å²) in [4.78, 5) is 11.6. The molecule has 0 aliphatic carbocycles. The topological polar surface area (TPSA) is 39.4 Å². The van der Waals surface area contributed by atoms with Gasteiger partial charge in [0.1, 0.15) is 11.3 Å². The van der Waals surface area contributed by atoms with Crippen molar-refractivity contribution in [1.82, 2.24) is 0 Å². The molecule has 0 amide bonds. The molecule has 0 N–H and O–H groups in total. The van der Waals surface area contributed by atoms with E-state index >= 15 is 0 Å². The van der Waals surface area contributed by atoms with E-state index in [-0.39, 0.29) is 5.97 Å². The number of carbonyl (C=O) groups excluding carboxylic acids is 1. The lowest BCUT2D eigenvalue weighted by Gasteiger charge is -2.01. The normalized spacial score (nSPS) is 8.95. The van der Waals surface area contributed by atoms with Crippen molar-refractivity contribution in [2.45, 2.75) is 41.5 Å². The van der Waals surface area contributed by atoms with Crippen molar-refractivity contribution in [3.05, 3.63) is 35.6 Å². The maximum Gasteiger partial charge on any atom is 0.338 e. The van der Waals surface area contributed by atoms with E-state index in [2.05, 4.69) is 0 Å². The molecule has 106 valence electrons. The van der Waals surface area contributed by atoms with Gasteiger partial charge in [-0.2, -0.15) is 0 Å². The molecular weight excluding hydrogens is 240 g/mol. The van der Waals surface area contributed by atoms with Crippen molar-refractivity contribution < 1.29 is 13.9 Å². The fraction of sp³-hybridized carbons (Fsp3) is 0.438. The molecule has 0 radical (unpaired) electrons. The molecule has 0 fully saturated rings. The van der Waals surface area contributed by atoms with Gasteiger partial charge in [0.25, 0.3) is 0 Å². The van der Waals surface area contributed by atoms with E-state index in [1.165, 1.54) is 0 Å². The average Bonchev–Trinajstić information content (AvgIpc) is 2.83. The van der Waals surface area contributed by atoms with E-state index in [0.717, 1.165) is 16.7 Å². The third-order valence-electron chi connectivity index (χ3n) is 2.18. The van der Waals surface area contributed by atoms with Gasteiger partial charge in [0.2, 0.25) is 0 Å². The molecule has 0 atom stereocenters. The first-order valence-electron chi connectivity index (χ1n) is 6.88. The third kappa shape index (κ3) is 4.43. The summed E-state index contributed by atoms with van der Waals surface area (Å²) in [6.07, 6.45) is 0. The molecule has 3 nitrogen and oxygen atoms in total. The molecule has 0 unspecified atom stereocenters. The van der Waals surface area contributed by atoms with Crippen LogP contribution in [0.5, 0.6) is 0 Å². The monoisotopic (exact) mass is 264 g/mol. The number of benzene rings is 1. The number of hydrogen-bond acceptors (Lipinski definition) is 3. The van der Waals surface area contributed by atoms with Crippen molar-refractivity contribution in [3.8, 4) is 0 Å². The molecule has 1 heterocycles. The maximum atomic E-state index is 11.6. The average molecular weight is 264 g/mol. The van der Waals surface area contributed by atoms with Gasteiger partial charge in [-0.3, -0.25) is 0 Å². The Hall–Kier alpha value is -1.77. The van der Waals surface area contributed by atoms with Gasteiger partial charge in [-0.05, 0) is 32.0 Å². The molecule has 1 aromatic carbocycles. The number of furan rings is 1. The second kappa shape index (κ2) is 9.20. The van der Waals surface area contributed by atoms with Crippen LogP contribution >= 0.6 is 0 Å². The van der Waals surface area contributed by atoms with Gasteiger partial charge >= 0.3 is 5.97 Å². The van der Waals surface area contributed by atoms with E-state index in [1.54, 1.807) is 19.1 Å². The number of rotatable bonds is 2. The number of esters is 1. The molecule has 0 aliphatic rings. The minimum atomic E-state index is -0.302. The Bertz CT molecular complexity index is 498. The molecule has 3 heteroatoms. The van der Waals surface area contributed by atoms with Crippen LogP contribution in [0, 0.1) is 6.92 Å². The number of carbonyl (C=O) groups is 1. The summed E-state index contributed by atoms with van der Waals surface area (Å²) < 4.78 is 10.4. The van der Waals surface area contributed by atoms with Crippen LogP contribution < -0.4 is 0 Å². The van der Waals surface area contributed by atoms with Crippen molar-refractivity contribution in [3.63, 3.8) is 0 Å². The molecule has 0 spiro atoms. The van der Waals surface area contributed by atoms with Crippen LogP contribution in [0.4, 0.5) is 0 Å². The molecule has 1 aromatic heterocycles. The van der Waals surface area contributed by atoms with Crippen molar-refractivity contribution in [1.29, 1.82) is 0 Å². The van der Waals surface area contributed by atoms with Gasteiger partial charge < -0.3 is 9.15 Å². The summed E-state index contributed by atoms with van der Waals surface area (Å²) in [6.45, 7) is 12.0. The molecular formula is C16H24O3. The first-order chi connectivity index (χ1) is 9.22. The van der Waals surface area contributed by atoms with E-state index in [9.17, 15) is 4.79 Å². The smallest absolute Gasteiger partial charge is 0.338 e. The number of hydrogen-bond donors (Lipinski definition) is 0. The molecule has 19 heavy (non-hydrogen) atoms. The third-order valence-corrected chi connectivity index (χ3v) is 2.18. The van der Waals surface area contributed by atoms with Gasteiger partial charge in [0.15, 0.2) is 0 Å². The second-order valence-electron chi connectivity index (χ2n) is 3.29. The Kier molecular flexibility index (Phi) is 8.34. The Morgan fingerprint density at radius 1 is 1.21 bits per heavy atom. The predicted octanol–water partition coefficient (Wildman–Crippen LogP) is 4.97. The Morgan fingerprint density at radius 2 is 1.84 bits per heavy atom. The molecule has 0 bridgehead atoms. The van der Waals surface area contributed by atoms with Gasteiger partial charge in [0, 0.05) is 5.39 Å². The van der Waals surface area contributed by atoms with Gasteiger partial charge in [0.05, 0.1) is 12.2 Å². The fourth-order valence-electron chi connectivity index (χ4n) is 1.57. The van der Waals surface area contributed by atoms with Crippen LogP contribution in [0.25, 0.3) is 11.0 Å².